The number of hydrogen-bond donors (Lipinski definition) is 1. The first kappa shape index (κ1) is 16.4. The Labute approximate surface area is 132 Å². The average molecular weight is 318 g/mol. The lowest BCUT2D eigenvalue weighted by Crippen LogP contribution is -2.25. The predicted molar refractivity (Wildman–Crippen MR) is 81.9 cm³/mol. The highest BCUT2D eigenvalue weighted by Gasteiger charge is 2.09. The maximum atomic E-state index is 13.3. The lowest BCUT2D eigenvalue weighted by Gasteiger charge is -2.08. The molecule has 0 aliphatic heterocycles. The van der Waals surface area contributed by atoms with Crippen molar-refractivity contribution in [2.45, 2.75) is 6.42 Å². The van der Waals surface area contributed by atoms with Gasteiger partial charge in [0.25, 0.3) is 11.6 Å². The number of nitrogens with one attached hydrogen (secondary N) is 1. The van der Waals surface area contributed by atoms with E-state index >= 15 is 0 Å². The van der Waals surface area contributed by atoms with Crippen molar-refractivity contribution in [3.05, 3.63) is 70.0 Å². The van der Waals surface area contributed by atoms with Crippen molar-refractivity contribution in [2.75, 3.05) is 13.2 Å². The number of ether oxygens (including phenoxy) is 1. The fourth-order valence-electron chi connectivity index (χ4n) is 1.85. The Morgan fingerprint density at radius 3 is 2.52 bits per heavy atom. The maximum Gasteiger partial charge on any atom is 0.269 e. The molecule has 120 valence electrons. The monoisotopic (exact) mass is 318 g/mol. The number of nitro benzene ring substituents is 1. The molecule has 0 heterocycles. The summed E-state index contributed by atoms with van der Waals surface area (Å²) in [6.45, 7) is 0.617. The number of amides is 1. The van der Waals surface area contributed by atoms with Crippen molar-refractivity contribution in [2.24, 2.45) is 0 Å². The van der Waals surface area contributed by atoms with E-state index in [1.165, 1.54) is 36.4 Å². The highest BCUT2D eigenvalue weighted by Crippen LogP contribution is 2.15. The third-order valence-corrected chi connectivity index (χ3v) is 3.04. The fraction of sp³-hybridized carbons (Fsp3) is 0.188. The van der Waals surface area contributed by atoms with Crippen LogP contribution in [0.2, 0.25) is 0 Å². The molecule has 6 nitrogen and oxygen atoms in total. The first-order valence-corrected chi connectivity index (χ1v) is 6.98. The zero-order valence-electron chi connectivity index (χ0n) is 12.2. The number of para-hydroxylation sites is 1. The Morgan fingerprint density at radius 2 is 1.87 bits per heavy atom. The summed E-state index contributed by atoms with van der Waals surface area (Å²) in [7, 11) is 0. The number of carbonyl (C=O) groups excluding carboxylic acids is 1. The van der Waals surface area contributed by atoms with E-state index in [9.17, 15) is 19.3 Å². The molecule has 0 unspecified atom stereocenters. The van der Waals surface area contributed by atoms with Crippen LogP contribution in [0.4, 0.5) is 10.1 Å². The third kappa shape index (κ3) is 4.77. The van der Waals surface area contributed by atoms with Gasteiger partial charge in [0.05, 0.1) is 11.5 Å². The first-order valence-electron chi connectivity index (χ1n) is 6.98. The van der Waals surface area contributed by atoms with Crippen molar-refractivity contribution < 1.29 is 18.8 Å². The van der Waals surface area contributed by atoms with Gasteiger partial charge in [0.2, 0.25) is 0 Å². The second kappa shape index (κ2) is 7.88. The van der Waals surface area contributed by atoms with Crippen molar-refractivity contribution >= 4 is 11.6 Å². The molecule has 0 radical (unpaired) electrons. The van der Waals surface area contributed by atoms with Crippen LogP contribution in [-0.4, -0.2) is 24.0 Å². The Hall–Kier alpha value is -2.96. The molecule has 1 amide bonds. The van der Waals surface area contributed by atoms with Crippen LogP contribution in [0.25, 0.3) is 0 Å². The normalized spacial score (nSPS) is 10.1. The second-order valence-electron chi connectivity index (χ2n) is 4.69. The molecule has 0 aliphatic rings. The second-order valence-corrected chi connectivity index (χ2v) is 4.69. The van der Waals surface area contributed by atoms with Crippen LogP contribution < -0.4 is 10.1 Å². The van der Waals surface area contributed by atoms with Crippen LogP contribution in [0.15, 0.2) is 48.5 Å². The van der Waals surface area contributed by atoms with Crippen LogP contribution in [-0.2, 0) is 0 Å². The molecule has 0 saturated heterocycles. The van der Waals surface area contributed by atoms with Gasteiger partial charge in [-0.25, -0.2) is 4.39 Å². The maximum absolute atomic E-state index is 13.3. The van der Waals surface area contributed by atoms with E-state index in [0.717, 1.165) is 0 Å². The molecule has 7 heteroatoms. The number of benzene rings is 2. The van der Waals surface area contributed by atoms with E-state index in [-0.39, 0.29) is 24.0 Å². The van der Waals surface area contributed by atoms with Crippen LogP contribution >= 0.6 is 0 Å². The van der Waals surface area contributed by atoms with Crippen molar-refractivity contribution in [3.63, 3.8) is 0 Å². The molecule has 2 aromatic rings. The van der Waals surface area contributed by atoms with Gasteiger partial charge in [-0.05, 0) is 30.7 Å². The molecular formula is C16H15FN2O4. The van der Waals surface area contributed by atoms with Crippen molar-refractivity contribution in [1.82, 2.24) is 5.32 Å². The largest absolute Gasteiger partial charge is 0.490 e. The van der Waals surface area contributed by atoms with Gasteiger partial charge in [0.15, 0.2) is 11.6 Å². The zero-order valence-corrected chi connectivity index (χ0v) is 12.2. The number of nitrogens with zero attached hydrogens (tertiary/aromatic N) is 1. The van der Waals surface area contributed by atoms with Crippen molar-refractivity contribution in [3.8, 4) is 5.75 Å². The topological polar surface area (TPSA) is 81.5 Å². The average Bonchev–Trinajstić information content (AvgIpc) is 2.56. The summed E-state index contributed by atoms with van der Waals surface area (Å²) in [5.41, 5.74) is 0.269. The van der Waals surface area contributed by atoms with Gasteiger partial charge in [0.1, 0.15) is 0 Å². The lowest BCUT2D eigenvalue weighted by molar-refractivity contribution is -0.384. The van der Waals surface area contributed by atoms with Gasteiger partial charge >= 0.3 is 0 Å². The molecule has 0 atom stereocenters. The van der Waals surface area contributed by atoms with E-state index in [2.05, 4.69) is 5.32 Å². The number of non-ortho nitro benzene ring substituents is 1. The minimum atomic E-state index is -0.526. The minimum absolute atomic E-state index is 0.0696. The van der Waals surface area contributed by atoms with Gasteiger partial charge in [0, 0.05) is 24.2 Å². The smallest absolute Gasteiger partial charge is 0.269 e. The van der Waals surface area contributed by atoms with Crippen LogP contribution in [0.3, 0.4) is 0 Å². The Morgan fingerprint density at radius 1 is 1.17 bits per heavy atom. The lowest BCUT2D eigenvalue weighted by atomic mass is 10.2. The molecule has 2 rings (SSSR count). The summed E-state index contributed by atoms with van der Waals surface area (Å²) in [5.74, 6) is -0.581. The van der Waals surface area contributed by atoms with Gasteiger partial charge in [-0.15, -0.1) is 0 Å². The van der Waals surface area contributed by atoms with E-state index in [0.29, 0.717) is 18.5 Å². The van der Waals surface area contributed by atoms with Gasteiger partial charge in [-0.2, -0.15) is 0 Å². The van der Waals surface area contributed by atoms with Crippen molar-refractivity contribution in [1.29, 1.82) is 0 Å². The standard InChI is InChI=1S/C16H15FN2O4/c17-14-4-1-2-5-15(14)23-11-3-10-18-16(20)12-6-8-13(9-7-12)19(21)22/h1-2,4-9H,3,10-11H2,(H,18,20). The third-order valence-electron chi connectivity index (χ3n) is 3.04. The molecule has 0 saturated carbocycles. The predicted octanol–water partition coefficient (Wildman–Crippen LogP) is 2.93. The SMILES string of the molecule is O=C(NCCCOc1ccccc1F)c1ccc([N+](=O)[O-])cc1. The number of hydrogen-bond acceptors (Lipinski definition) is 4. The zero-order chi connectivity index (χ0) is 16.7. The number of carbonyl (C=O) groups is 1. The van der Waals surface area contributed by atoms with Crippen LogP contribution in [0.1, 0.15) is 16.8 Å². The number of rotatable bonds is 7. The van der Waals surface area contributed by atoms with Gasteiger partial charge in [-0.3, -0.25) is 14.9 Å². The van der Waals surface area contributed by atoms with Gasteiger partial charge in [-0.1, -0.05) is 12.1 Å². The Balaban J connectivity index is 1.72. The first-order chi connectivity index (χ1) is 11.1. The van der Waals surface area contributed by atoms with E-state index in [1.54, 1.807) is 12.1 Å². The minimum Gasteiger partial charge on any atom is -0.490 e. The highest BCUT2D eigenvalue weighted by molar-refractivity contribution is 5.94. The summed E-state index contributed by atoms with van der Waals surface area (Å²) in [6, 6.07) is 11.4. The Kier molecular flexibility index (Phi) is 5.62. The molecule has 0 aliphatic carbocycles. The quantitative estimate of drug-likeness (QED) is 0.483. The number of nitro groups is 1. The summed E-state index contributed by atoms with van der Waals surface area (Å²) >= 11 is 0. The molecule has 0 spiro atoms. The van der Waals surface area contributed by atoms with E-state index in [1.807, 2.05) is 0 Å². The molecule has 0 bridgehead atoms. The Bertz CT molecular complexity index is 689. The summed E-state index contributed by atoms with van der Waals surface area (Å²) in [4.78, 5) is 21.8. The molecule has 2 aromatic carbocycles. The molecule has 1 N–H and O–H groups in total. The highest BCUT2D eigenvalue weighted by atomic mass is 19.1. The van der Waals surface area contributed by atoms with Gasteiger partial charge < -0.3 is 10.1 Å². The molecule has 23 heavy (non-hydrogen) atoms. The fourth-order valence-corrected chi connectivity index (χ4v) is 1.85. The summed E-state index contributed by atoms with van der Waals surface area (Å²) in [5, 5.41) is 13.2. The summed E-state index contributed by atoms with van der Waals surface area (Å²) < 4.78 is 18.6. The molecular weight excluding hydrogens is 303 g/mol. The van der Waals surface area contributed by atoms with Crippen LogP contribution in [0, 0.1) is 15.9 Å². The van der Waals surface area contributed by atoms with E-state index in [4.69, 9.17) is 4.74 Å². The number of halogens is 1. The molecule has 0 fully saturated rings. The van der Waals surface area contributed by atoms with Crippen LogP contribution in [0.5, 0.6) is 5.75 Å². The molecule has 0 aromatic heterocycles. The summed E-state index contributed by atoms with van der Waals surface area (Å²) in [6.07, 6.45) is 0.507. The van der Waals surface area contributed by atoms with E-state index < -0.39 is 10.7 Å².